The van der Waals surface area contributed by atoms with Crippen molar-refractivity contribution in [2.45, 2.75) is 45.3 Å². The zero-order valence-corrected chi connectivity index (χ0v) is 16.1. The molecule has 2 aromatic heterocycles. The first-order valence-corrected chi connectivity index (χ1v) is 9.96. The molecule has 130 valence electrons. The van der Waals surface area contributed by atoms with Crippen LogP contribution in [0.2, 0.25) is 0 Å². The third-order valence-electron chi connectivity index (χ3n) is 4.53. The van der Waals surface area contributed by atoms with E-state index < -0.39 is 0 Å². The van der Waals surface area contributed by atoms with Crippen LogP contribution in [0.1, 0.15) is 37.6 Å². The molecule has 1 aliphatic rings. The van der Waals surface area contributed by atoms with Crippen LogP contribution in [0, 0.1) is 11.3 Å². The number of aryl methyl sites for hydroxylation is 1. The van der Waals surface area contributed by atoms with Crippen LogP contribution in [0.3, 0.4) is 0 Å². The highest BCUT2D eigenvalue weighted by Crippen LogP contribution is 2.42. The largest absolute Gasteiger partial charge is 0.410 e. The first kappa shape index (κ1) is 17.5. The van der Waals surface area contributed by atoms with Gasteiger partial charge in [-0.1, -0.05) is 32.5 Å². The molecular weight excluding hydrogens is 342 g/mol. The first-order valence-electron chi connectivity index (χ1n) is 8.15. The molecule has 0 saturated carbocycles. The van der Waals surface area contributed by atoms with Gasteiger partial charge in [-0.2, -0.15) is 0 Å². The van der Waals surface area contributed by atoms with E-state index in [9.17, 15) is 4.79 Å². The van der Waals surface area contributed by atoms with Crippen molar-refractivity contribution in [3.05, 3.63) is 16.5 Å². The van der Waals surface area contributed by atoms with E-state index in [1.165, 1.54) is 28.6 Å². The van der Waals surface area contributed by atoms with E-state index in [2.05, 4.69) is 42.4 Å². The van der Waals surface area contributed by atoms with E-state index in [1.54, 1.807) is 18.4 Å². The zero-order valence-electron chi connectivity index (χ0n) is 14.5. The molecule has 0 unspecified atom stereocenters. The number of amides is 1. The minimum atomic E-state index is -0.0560. The van der Waals surface area contributed by atoms with Gasteiger partial charge in [0, 0.05) is 11.9 Å². The number of nitrogens with one attached hydrogen (secondary N) is 1. The number of rotatable bonds is 4. The Morgan fingerprint density at radius 2 is 2.25 bits per heavy atom. The second-order valence-electron chi connectivity index (χ2n) is 7.20. The normalized spacial score (nSPS) is 17.6. The summed E-state index contributed by atoms with van der Waals surface area (Å²) in [5.41, 5.74) is 1.77. The van der Waals surface area contributed by atoms with Crippen LogP contribution < -0.4 is 5.32 Å². The maximum Gasteiger partial charge on any atom is 0.277 e. The summed E-state index contributed by atoms with van der Waals surface area (Å²) in [5, 5.41) is 11.2. The quantitative estimate of drug-likeness (QED) is 0.835. The maximum atomic E-state index is 11.3. The minimum Gasteiger partial charge on any atom is -0.410 e. The Morgan fingerprint density at radius 3 is 2.96 bits per heavy atom. The number of hydrogen-bond donors (Lipinski definition) is 1. The van der Waals surface area contributed by atoms with Gasteiger partial charge in [-0.25, -0.2) is 0 Å². The van der Waals surface area contributed by atoms with Gasteiger partial charge < -0.3 is 9.73 Å². The lowest BCUT2D eigenvalue weighted by atomic mass is 9.72. The molecule has 24 heavy (non-hydrogen) atoms. The number of aromatic nitrogens is 2. The molecule has 0 radical (unpaired) electrons. The Kier molecular flexibility index (Phi) is 5.01. The summed E-state index contributed by atoms with van der Waals surface area (Å²) < 4.78 is 5.71. The Bertz CT molecular complexity index is 731. The van der Waals surface area contributed by atoms with Crippen LogP contribution in [-0.2, 0) is 17.6 Å². The van der Waals surface area contributed by atoms with Gasteiger partial charge in [0.2, 0.25) is 5.91 Å². The number of carbonyl (C=O) groups excluding carboxylic acids is 1. The van der Waals surface area contributed by atoms with Crippen molar-refractivity contribution in [2.75, 3.05) is 12.8 Å². The standard InChI is InChI=1S/C17H23N3O2S2/c1-17(2,3)11-5-6-12-10(7-11)8-13(24-12)15-19-20-16(22-15)23-9-14(21)18-4/h8,11H,5-7,9H2,1-4H3,(H,18,21)/t11-/m0/s1. The number of hydrogen-bond acceptors (Lipinski definition) is 6. The highest BCUT2D eigenvalue weighted by Gasteiger charge is 2.30. The molecule has 0 bridgehead atoms. The molecule has 0 spiro atoms. The molecule has 1 atom stereocenters. The number of nitrogens with zero attached hydrogens (tertiary/aromatic N) is 2. The summed E-state index contributed by atoms with van der Waals surface area (Å²) in [6, 6.07) is 2.21. The van der Waals surface area contributed by atoms with Gasteiger partial charge in [-0.05, 0) is 42.2 Å². The predicted molar refractivity (Wildman–Crippen MR) is 97.4 cm³/mol. The maximum absolute atomic E-state index is 11.3. The SMILES string of the molecule is CNC(=O)CSc1nnc(-c2cc3c(s2)CC[C@H](C(C)(C)C)C3)o1. The lowest BCUT2D eigenvalue weighted by Gasteiger charge is -2.33. The van der Waals surface area contributed by atoms with Crippen LogP contribution in [0.25, 0.3) is 10.8 Å². The Hall–Kier alpha value is -1.34. The molecular formula is C17H23N3O2S2. The monoisotopic (exact) mass is 365 g/mol. The fraction of sp³-hybridized carbons (Fsp3) is 0.588. The fourth-order valence-electron chi connectivity index (χ4n) is 2.94. The molecule has 0 aromatic carbocycles. The lowest BCUT2D eigenvalue weighted by molar-refractivity contribution is -0.118. The Labute approximate surface area is 150 Å². The third kappa shape index (κ3) is 3.83. The van der Waals surface area contributed by atoms with Crippen molar-refractivity contribution in [3.63, 3.8) is 0 Å². The lowest BCUT2D eigenvalue weighted by Crippen LogP contribution is -2.26. The molecule has 2 heterocycles. The topological polar surface area (TPSA) is 68.0 Å². The highest BCUT2D eigenvalue weighted by molar-refractivity contribution is 7.99. The molecule has 3 rings (SSSR count). The number of carbonyl (C=O) groups is 1. The van der Waals surface area contributed by atoms with Gasteiger partial charge >= 0.3 is 0 Å². The average Bonchev–Trinajstić information content (AvgIpc) is 3.17. The number of thioether (sulfide) groups is 1. The second-order valence-corrected chi connectivity index (χ2v) is 9.26. The molecule has 1 N–H and O–H groups in total. The van der Waals surface area contributed by atoms with Gasteiger partial charge in [-0.3, -0.25) is 4.79 Å². The zero-order chi connectivity index (χ0) is 17.3. The summed E-state index contributed by atoms with van der Waals surface area (Å²) in [6.45, 7) is 6.97. The van der Waals surface area contributed by atoms with Gasteiger partial charge in [0.05, 0.1) is 10.6 Å². The summed E-state index contributed by atoms with van der Waals surface area (Å²) in [4.78, 5) is 13.8. The summed E-state index contributed by atoms with van der Waals surface area (Å²) in [5.74, 6) is 1.50. The molecule has 1 aliphatic carbocycles. The predicted octanol–water partition coefficient (Wildman–Crippen LogP) is 3.79. The van der Waals surface area contributed by atoms with Gasteiger partial charge in [0.1, 0.15) is 0 Å². The summed E-state index contributed by atoms with van der Waals surface area (Å²) in [6.07, 6.45) is 3.50. The second kappa shape index (κ2) is 6.88. The Balaban J connectivity index is 1.72. The molecule has 0 saturated heterocycles. The minimum absolute atomic E-state index is 0.0560. The van der Waals surface area contributed by atoms with E-state index in [-0.39, 0.29) is 11.7 Å². The summed E-state index contributed by atoms with van der Waals surface area (Å²) >= 11 is 3.02. The van der Waals surface area contributed by atoms with Crippen molar-refractivity contribution in [3.8, 4) is 10.8 Å². The van der Waals surface area contributed by atoms with Crippen LogP contribution in [-0.4, -0.2) is 28.9 Å². The fourth-order valence-corrected chi connectivity index (χ4v) is 4.70. The average molecular weight is 366 g/mol. The smallest absolute Gasteiger partial charge is 0.277 e. The Morgan fingerprint density at radius 1 is 1.46 bits per heavy atom. The summed E-state index contributed by atoms with van der Waals surface area (Å²) in [7, 11) is 1.61. The van der Waals surface area contributed by atoms with Gasteiger partial charge in [-0.15, -0.1) is 21.5 Å². The van der Waals surface area contributed by atoms with E-state index in [0.29, 0.717) is 22.4 Å². The van der Waals surface area contributed by atoms with E-state index in [0.717, 1.165) is 17.7 Å². The van der Waals surface area contributed by atoms with E-state index >= 15 is 0 Å². The first-order chi connectivity index (χ1) is 11.4. The van der Waals surface area contributed by atoms with E-state index in [4.69, 9.17) is 4.42 Å². The van der Waals surface area contributed by atoms with E-state index in [1.807, 2.05) is 0 Å². The molecule has 7 heteroatoms. The number of thiophene rings is 1. The molecule has 1 amide bonds. The molecule has 0 fully saturated rings. The van der Waals surface area contributed by atoms with Crippen molar-refractivity contribution in [1.29, 1.82) is 0 Å². The van der Waals surface area contributed by atoms with Gasteiger partial charge in [0.15, 0.2) is 0 Å². The molecule has 5 nitrogen and oxygen atoms in total. The third-order valence-corrected chi connectivity index (χ3v) is 6.57. The van der Waals surface area contributed by atoms with Crippen LogP contribution in [0.4, 0.5) is 0 Å². The van der Waals surface area contributed by atoms with Crippen molar-refractivity contribution < 1.29 is 9.21 Å². The van der Waals surface area contributed by atoms with Crippen molar-refractivity contribution in [2.24, 2.45) is 11.3 Å². The van der Waals surface area contributed by atoms with Crippen LogP contribution >= 0.6 is 23.1 Å². The molecule has 0 aliphatic heterocycles. The van der Waals surface area contributed by atoms with Crippen LogP contribution in [0.5, 0.6) is 0 Å². The molecule has 2 aromatic rings. The van der Waals surface area contributed by atoms with Crippen LogP contribution in [0.15, 0.2) is 15.7 Å². The van der Waals surface area contributed by atoms with Crippen molar-refractivity contribution >= 4 is 29.0 Å². The number of fused-ring (bicyclic) bond motifs is 1. The van der Waals surface area contributed by atoms with Crippen molar-refractivity contribution in [1.82, 2.24) is 15.5 Å². The highest BCUT2D eigenvalue weighted by atomic mass is 32.2. The van der Waals surface area contributed by atoms with Gasteiger partial charge in [0.25, 0.3) is 11.1 Å².